The third-order valence-corrected chi connectivity index (χ3v) is 5.71. The highest BCUT2D eigenvalue weighted by Gasteiger charge is 2.22. The van der Waals surface area contributed by atoms with E-state index >= 15 is 0 Å². The largest absolute Gasteiger partial charge is 0.335 e. The Kier molecular flexibility index (Phi) is 4.39. The number of fused-ring (bicyclic) bond motifs is 1. The third-order valence-electron chi connectivity index (χ3n) is 3.96. The quantitative estimate of drug-likeness (QED) is 0.912. The fraction of sp³-hybridized carbons (Fsp3) is 0.333. The monoisotopic (exact) mass is 350 g/mol. The summed E-state index contributed by atoms with van der Waals surface area (Å²) in [6.07, 6.45) is 5.41. The van der Waals surface area contributed by atoms with E-state index in [0.29, 0.717) is 6.54 Å². The van der Waals surface area contributed by atoms with E-state index in [0.717, 1.165) is 25.2 Å². The van der Waals surface area contributed by atoms with Gasteiger partial charge in [-0.2, -0.15) is 5.26 Å². The lowest BCUT2D eigenvalue weighted by molar-refractivity contribution is 0.363. The van der Waals surface area contributed by atoms with Crippen LogP contribution in [0, 0.1) is 17.2 Å². The van der Waals surface area contributed by atoms with Gasteiger partial charge in [-0.1, -0.05) is 11.6 Å². The Labute approximate surface area is 139 Å². The molecule has 1 N–H and O–H groups in total. The molecule has 0 fully saturated rings. The molecule has 1 aromatic heterocycles. The van der Waals surface area contributed by atoms with Crippen LogP contribution in [0.15, 0.2) is 35.5 Å². The predicted octanol–water partition coefficient (Wildman–Crippen LogP) is 1.95. The normalized spacial score (nSPS) is 17.5. The number of benzene rings is 1. The number of halogens is 1. The number of nitriles is 1. The number of hydrogen-bond donors (Lipinski definition) is 1. The van der Waals surface area contributed by atoms with Gasteiger partial charge in [0, 0.05) is 31.9 Å². The zero-order valence-electron chi connectivity index (χ0n) is 12.2. The number of aromatic nitrogens is 2. The zero-order chi connectivity index (χ0) is 16.4. The van der Waals surface area contributed by atoms with Gasteiger partial charge in [0.1, 0.15) is 11.9 Å². The number of hydrogen-bond acceptors (Lipinski definition) is 4. The van der Waals surface area contributed by atoms with Crippen LogP contribution in [0.4, 0.5) is 0 Å². The Bertz CT molecular complexity index is 870. The second-order valence-electron chi connectivity index (χ2n) is 5.51. The van der Waals surface area contributed by atoms with Crippen LogP contribution in [0.5, 0.6) is 0 Å². The summed E-state index contributed by atoms with van der Waals surface area (Å²) in [7, 11) is -3.66. The van der Waals surface area contributed by atoms with Gasteiger partial charge in [-0.15, -0.1) is 0 Å². The van der Waals surface area contributed by atoms with Crippen molar-refractivity contribution in [2.24, 2.45) is 5.92 Å². The van der Waals surface area contributed by atoms with E-state index in [1.165, 1.54) is 18.2 Å². The highest BCUT2D eigenvalue weighted by atomic mass is 35.5. The van der Waals surface area contributed by atoms with Crippen molar-refractivity contribution in [1.82, 2.24) is 14.3 Å². The van der Waals surface area contributed by atoms with Crippen LogP contribution in [-0.4, -0.2) is 24.5 Å². The Hall–Kier alpha value is -1.88. The predicted molar refractivity (Wildman–Crippen MR) is 85.4 cm³/mol. The summed E-state index contributed by atoms with van der Waals surface area (Å²) in [5.41, 5.74) is 0.148. The average Bonchev–Trinajstić information content (AvgIpc) is 3.01. The van der Waals surface area contributed by atoms with Gasteiger partial charge in [0.2, 0.25) is 10.0 Å². The summed E-state index contributed by atoms with van der Waals surface area (Å²) in [5.74, 6) is 1.26. The molecule has 3 rings (SSSR count). The van der Waals surface area contributed by atoms with Crippen LogP contribution in [0.1, 0.15) is 17.8 Å². The van der Waals surface area contributed by atoms with Crippen molar-refractivity contribution in [3.8, 4) is 6.07 Å². The van der Waals surface area contributed by atoms with Crippen LogP contribution >= 0.6 is 11.6 Å². The van der Waals surface area contributed by atoms with Crippen molar-refractivity contribution in [2.75, 3.05) is 6.54 Å². The number of rotatable bonds is 4. The molecule has 0 unspecified atom stereocenters. The fourth-order valence-corrected chi connectivity index (χ4v) is 3.97. The second kappa shape index (κ2) is 6.32. The van der Waals surface area contributed by atoms with Crippen molar-refractivity contribution in [3.05, 3.63) is 47.0 Å². The van der Waals surface area contributed by atoms with E-state index in [1.54, 1.807) is 6.20 Å². The minimum atomic E-state index is -3.66. The lowest BCUT2D eigenvalue weighted by Gasteiger charge is -2.23. The lowest BCUT2D eigenvalue weighted by atomic mass is 10.00. The van der Waals surface area contributed by atoms with Crippen molar-refractivity contribution < 1.29 is 8.42 Å². The molecule has 2 aromatic rings. The molecule has 0 saturated heterocycles. The van der Waals surface area contributed by atoms with Crippen molar-refractivity contribution in [3.63, 3.8) is 0 Å². The van der Waals surface area contributed by atoms with Crippen LogP contribution in [-0.2, 0) is 23.0 Å². The molecular weight excluding hydrogens is 336 g/mol. The van der Waals surface area contributed by atoms with Crippen LogP contribution < -0.4 is 4.72 Å². The third kappa shape index (κ3) is 3.39. The molecule has 23 heavy (non-hydrogen) atoms. The Morgan fingerprint density at radius 1 is 1.48 bits per heavy atom. The maximum Gasteiger partial charge on any atom is 0.240 e. The van der Waals surface area contributed by atoms with Crippen LogP contribution in [0.2, 0.25) is 5.02 Å². The van der Waals surface area contributed by atoms with Gasteiger partial charge >= 0.3 is 0 Å². The SMILES string of the molecule is N#Cc1cc(S(=O)(=O)NC[C@@H]2CCc3nccn3C2)ccc1Cl. The maximum absolute atomic E-state index is 12.4. The van der Waals surface area contributed by atoms with E-state index in [9.17, 15) is 8.42 Å². The summed E-state index contributed by atoms with van der Waals surface area (Å²) >= 11 is 5.84. The fourth-order valence-electron chi connectivity index (χ4n) is 2.67. The molecule has 0 aliphatic carbocycles. The van der Waals surface area contributed by atoms with Crippen LogP contribution in [0.3, 0.4) is 0 Å². The second-order valence-corrected chi connectivity index (χ2v) is 7.68. The summed E-state index contributed by atoms with van der Waals surface area (Å²) in [4.78, 5) is 4.31. The topological polar surface area (TPSA) is 87.8 Å². The van der Waals surface area contributed by atoms with Gasteiger partial charge in [0.25, 0.3) is 0 Å². The van der Waals surface area contributed by atoms with Gasteiger partial charge in [0.05, 0.1) is 15.5 Å². The number of nitrogens with zero attached hydrogens (tertiary/aromatic N) is 3. The molecule has 1 aromatic carbocycles. The Morgan fingerprint density at radius 2 is 2.30 bits per heavy atom. The van der Waals surface area contributed by atoms with Gasteiger partial charge < -0.3 is 4.57 Å². The average molecular weight is 351 g/mol. The van der Waals surface area contributed by atoms with Crippen LogP contribution in [0.25, 0.3) is 0 Å². The molecule has 1 aliphatic heterocycles. The van der Waals surface area contributed by atoms with Crippen molar-refractivity contribution >= 4 is 21.6 Å². The minimum absolute atomic E-state index is 0.0533. The molecule has 1 aliphatic rings. The van der Waals surface area contributed by atoms with Crippen molar-refractivity contribution in [1.29, 1.82) is 5.26 Å². The lowest BCUT2D eigenvalue weighted by Crippen LogP contribution is -2.33. The van der Waals surface area contributed by atoms with Crippen molar-refractivity contribution in [2.45, 2.75) is 24.3 Å². The van der Waals surface area contributed by atoms with Gasteiger partial charge in [0.15, 0.2) is 0 Å². The molecule has 8 heteroatoms. The molecule has 0 radical (unpaired) electrons. The minimum Gasteiger partial charge on any atom is -0.335 e. The summed E-state index contributed by atoms with van der Waals surface area (Å²) in [6.45, 7) is 1.10. The Morgan fingerprint density at radius 3 is 3.09 bits per heavy atom. The summed E-state index contributed by atoms with van der Waals surface area (Å²) in [5, 5.41) is 9.20. The first kappa shape index (κ1) is 16.0. The molecular formula is C15H15ClN4O2S. The van der Waals surface area contributed by atoms with E-state index < -0.39 is 10.0 Å². The maximum atomic E-state index is 12.4. The highest BCUT2D eigenvalue weighted by Crippen LogP contribution is 2.21. The standard InChI is InChI=1S/C15H15ClN4O2S/c16-14-3-2-13(7-12(14)8-17)23(21,22)19-9-11-1-4-15-18-5-6-20(15)10-11/h2-3,5-7,11,19H,1,4,9-10H2/t11-/m0/s1. The summed E-state index contributed by atoms with van der Waals surface area (Å²) in [6, 6.07) is 6.00. The molecule has 6 nitrogen and oxygen atoms in total. The molecule has 0 saturated carbocycles. The highest BCUT2D eigenvalue weighted by molar-refractivity contribution is 7.89. The molecule has 0 bridgehead atoms. The van der Waals surface area contributed by atoms with Gasteiger partial charge in [-0.25, -0.2) is 18.1 Å². The Balaban J connectivity index is 1.69. The first-order valence-corrected chi connectivity index (χ1v) is 9.05. The van der Waals surface area contributed by atoms with Gasteiger partial charge in [-0.05, 0) is 30.5 Å². The molecule has 0 spiro atoms. The number of sulfonamides is 1. The number of nitrogens with one attached hydrogen (secondary N) is 1. The molecule has 120 valence electrons. The zero-order valence-corrected chi connectivity index (χ0v) is 13.8. The first-order chi connectivity index (χ1) is 11.0. The molecule has 0 amide bonds. The summed E-state index contributed by atoms with van der Waals surface area (Å²) < 4.78 is 29.4. The van der Waals surface area contributed by atoms with Gasteiger partial charge in [-0.3, -0.25) is 0 Å². The first-order valence-electron chi connectivity index (χ1n) is 7.19. The smallest absolute Gasteiger partial charge is 0.240 e. The molecule has 2 heterocycles. The van der Waals surface area contributed by atoms with E-state index in [1.807, 2.05) is 12.3 Å². The number of aryl methyl sites for hydroxylation is 1. The van der Waals surface area contributed by atoms with E-state index in [2.05, 4.69) is 14.3 Å². The molecule has 1 atom stereocenters. The van der Waals surface area contributed by atoms with E-state index in [4.69, 9.17) is 16.9 Å². The van der Waals surface area contributed by atoms with E-state index in [-0.39, 0.29) is 21.4 Å². The number of imidazole rings is 1.